The van der Waals surface area contributed by atoms with Crippen molar-refractivity contribution < 1.29 is 0 Å². The highest BCUT2D eigenvalue weighted by Gasteiger charge is 2.33. The summed E-state index contributed by atoms with van der Waals surface area (Å²) >= 11 is 0. The zero-order chi connectivity index (χ0) is 25.2. The van der Waals surface area contributed by atoms with Gasteiger partial charge in [-0.25, -0.2) is 4.98 Å². The summed E-state index contributed by atoms with van der Waals surface area (Å²) in [4.78, 5) is 14.3. The average Bonchev–Trinajstić information content (AvgIpc) is 3.67. The van der Waals surface area contributed by atoms with Gasteiger partial charge in [-0.15, -0.1) is 0 Å². The molecular weight excluding hydrogens is 474 g/mol. The summed E-state index contributed by atoms with van der Waals surface area (Å²) in [5.74, 6) is 0. The number of rotatable bonds is 3. The van der Waals surface area contributed by atoms with Crippen LogP contribution in [0.25, 0.3) is 66.2 Å². The third-order valence-corrected chi connectivity index (χ3v) is 9.14. The molecule has 3 heteroatoms. The predicted molar refractivity (Wildman–Crippen MR) is 157 cm³/mol. The monoisotopic (exact) mass is 495 g/mol. The van der Waals surface area contributed by atoms with Crippen LogP contribution in [0.3, 0.4) is 0 Å². The first-order chi connectivity index (χ1) is 19.3. The summed E-state index contributed by atoms with van der Waals surface area (Å²) in [5.41, 5.74) is 14.9. The van der Waals surface area contributed by atoms with E-state index in [4.69, 9.17) is 4.98 Å². The van der Waals surface area contributed by atoms with Crippen molar-refractivity contribution in [1.29, 1.82) is 0 Å². The van der Waals surface area contributed by atoms with Crippen LogP contribution in [-0.4, -0.2) is 15.0 Å². The van der Waals surface area contributed by atoms with Gasteiger partial charge in [-0.2, -0.15) is 0 Å². The molecule has 3 aliphatic carbocycles. The molecule has 0 spiro atoms. The van der Waals surface area contributed by atoms with Crippen molar-refractivity contribution in [2.45, 2.75) is 19.3 Å². The molecule has 0 radical (unpaired) electrons. The van der Waals surface area contributed by atoms with Gasteiger partial charge in [-0.3, -0.25) is 9.97 Å². The quantitative estimate of drug-likeness (QED) is 0.233. The van der Waals surface area contributed by atoms with Gasteiger partial charge in [0.25, 0.3) is 0 Å². The van der Waals surface area contributed by atoms with Crippen molar-refractivity contribution in [3.63, 3.8) is 0 Å². The molecule has 3 nitrogen and oxygen atoms in total. The fraction of sp³-hybridized carbons (Fsp3) is 0.0833. The number of benzene rings is 4. The van der Waals surface area contributed by atoms with Crippen LogP contribution in [0.4, 0.5) is 0 Å². The van der Waals surface area contributed by atoms with Crippen molar-refractivity contribution >= 4 is 32.3 Å². The Hall–Kier alpha value is -4.89. The van der Waals surface area contributed by atoms with Gasteiger partial charge in [0.1, 0.15) is 0 Å². The summed E-state index contributed by atoms with van der Waals surface area (Å²) in [6.07, 6.45) is 6.70. The molecule has 39 heavy (non-hydrogen) atoms. The van der Waals surface area contributed by atoms with Gasteiger partial charge in [0, 0.05) is 12.4 Å². The summed E-state index contributed by atoms with van der Waals surface area (Å²) in [7, 11) is 0. The summed E-state index contributed by atoms with van der Waals surface area (Å²) in [6, 6.07) is 28.5. The predicted octanol–water partition coefficient (Wildman–Crippen LogP) is 8.04. The van der Waals surface area contributed by atoms with Crippen LogP contribution >= 0.6 is 0 Å². The normalized spacial score (nSPS) is 13.8. The van der Waals surface area contributed by atoms with Gasteiger partial charge in [0.15, 0.2) is 0 Å². The van der Waals surface area contributed by atoms with Crippen molar-refractivity contribution in [3.8, 4) is 33.9 Å². The number of aromatic nitrogens is 3. The molecule has 0 unspecified atom stereocenters. The van der Waals surface area contributed by atoms with Crippen molar-refractivity contribution in [1.82, 2.24) is 15.0 Å². The van der Waals surface area contributed by atoms with Gasteiger partial charge in [0.2, 0.25) is 0 Å². The van der Waals surface area contributed by atoms with E-state index >= 15 is 0 Å². The maximum atomic E-state index is 5.04. The Morgan fingerprint density at radius 3 is 1.51 bits per heavy atom. The largest absolute Gasteiger partial charge is 0.255 e. The minimum atomic E-state index is 0.876. The Kier molecular flexibility index (Phi) is 3.58. The third kappa shape index (κ3) is 2.50. The van der Waals surface area contributed by atoms with Crippen LogP contribution in [0.5, 0.6) is 0 Å². The molecule has 7 aromatic rings. The SMILES string of the molecule is c1ccc(-c2cc(-c3cc4c5c6c(ccc7c6c6c(ccc8c6c5c3C8)C7)C4)cc(-c3ccccn3)n2)nc1. The van der Waals surface area contributed by atoms with E-state index in [1.165, 1.54) is 76.8 Å². The Balaban J connectivity index is 1.32. The van der Waals surface area contributed by atoms with Crippen LogP contribution in [0.15, 0.2) is 91.3 Å². The van der Waals surface area contributed by atoms with E-state index in [1.807, 2.05) is 48.8 Å². The Bertz CT molecular complexity index is 2140. The van der Waals surface area contributed by atoms with Gasteiger partial charge in [-0.1, -0.05) is 36.4 Å². The minimum Gasteiger partial charge on any atom is -0.255 e. The standard InChI is InChI=1S/C36H21N3/c1-3-11-37-27(5-1)29-17-23(18-30(39-29)28-6-2-4-12-38-28)25-16-24-14-21-8-7-19-13-20-9-10-22-15-26(25)36-34(22)32(20)31(19)33(21)35(24)36/h1-12,16-18H,13-15H2. The molecule has 10 rings (SSSR count). The first-order valence-electron chi connectivity index (χ1n) is 13.7. The molecule has 3 aliphatic rings. The van der Waals surface area contributed by atoms with Crippen molar-refractivity contribution in [3.05, 3.63) is 125 Å². The van der Waals surface area contributed by atoms with E-state index in [2.05, 4.69) is 52.4 Å². The second kappa shape index (κ2) is 6.95. The lowest BCUT2D eigenvalue weighted by molar-refractivity contribution is 1.21. The maximum absolute atomic E-state index is 5.04. The molecule has 180 valence electrons. The Morgan fingerprint density at radius 1 is 0.436 bits per heavy atom. The summed E-state index contributed by atoms with van der Waals surface area (Å²) in [5, 5.41) is 9.09. The van der Waals surface area contributed by atoms with Crippen molar-refractivity contribution in [2.24, 2.45) is 0 Å². The van der Waals surface area contributed by atoms with Crippen LogP contribution < -0.4 is 0 Å². The molecule has 0 saturated heterocycles. The molecule has 0 amide bonds. The third-order valence-electron chi connectivity index (χ3n) is 9.14. The fourth-order valence-electron chi connectivity index (χ4n) is 7.61. The molecule has 4 aromatic carbocycles. The molecule has 0 bridgehead atoms. The number of pyridine rings is 3. The second-order valence-corrected chi connectivity index (χ2v) is 11.2. The lowest BCUT2D eigenvalue weighted by atomic mass is 9.90. The van der Waals surface area contributed by atoms with Crippen LogP contribution in [0.2, 0.25) is 0 Å². The van der Waals surface area contributed by atoms with E-state index in [9.17, 15) is 0 Å². The van der Waals surface area contributed by atoms with E-state index in [0.717, 1.165) is 42.0 Å². The zero-order valence-electron chi connectivity index (χ0n) is 21.1. The molecule has 0 saturated carbocycles. The minimum absolute atomic E-state index is 0.876. The number of nitrogens with zero attached hydrogens (tertiary/aromatic N) is 3. The highest BCUT2D eigenvalue weighted by atomic mass is 14.8. The van der Waals surface area contributed by atoms with E-state index < -0.39 is 0 Å². The second-order valence-electron chi connectivity index (χ2n) is 11.2. The highest BCUT2D eigenvalue weighted by molar-refractivity contribution is 6.33. The number of hydrogen-bond acceptors (Lipinski definition) is 3. The highest BCUT2D eigenvalue weighted by Crippen LogP contribution is 2.54. The topological polar surface area (TPSA) is 38.7 Å². The van der Waals surface area contributed by atoms with Crippen molar-refractivity contribution in [2.75, 3.05) is 0 Å². The fourth-order valence-corrected chi connectivity index (χ4v) is 7.61. The number of hydrogen-bond donors (Lipinski definition) is 0. The Labute approximate surface area is 224 Å². The van der Waals surface area contributed by atoms with E-state index in [-0.39, 0.29) is 0 Å². The first kappa shape index (κ1) is 20.1. The maximum Gasteiger partial charge on any atom is 0.0900 e. The molecular formula is C36H21N3. The lowest BCUT2D eigenvalue weighted by Crippen LogP contribution is -1.96. The van der Waals surface area contributed by atoms with Crippen LogP contribution in [0, 0.1) is 0 Å². The Morgan fingerprint density at radius 2 is 0.949 bits per heavy atom. The molecule has 0 N–H and O–H groups in total. The molecule has 0 aliphatic heterocycles. The zero-order valence-corrected chi connectivity index (χ0v) is 21.1. The molecule has 3 heterocycles. The van der Waals surface area contributed by atoms with Crippen LogP contribution in [-0.2, 0) is 19.3 Å². The summed E-state index contributed by atoms with van der Waals surface area (Å²) < 4.78 is 0. The van der Waals surface area contributed by atoms with Gasteiger partial charge in [0.05, 0.1) is 22.8 Å². The molecule has 3 aromatic heterocycles. The van der Waals surface area contributed by atoms with Gasteiger partial charge < -0.3 is 0 Å². The lowest BCUT2D eigenvalue weighted by Gasteiger charge is -2.15. The molecule has 0 atom stereocenters. The summed E-state index contributed by atoms with van der Waals surface area (Å²) in [6.45, 7) is 0. The van der Waals surface area contributed by atoms with E-state index in [1.54, 1.807) is 0 Å². The average molecular weight is 496 g/mol. The smallest absolute Gasteiger partial charge is 0.0900 e. The molecule has 0 fully saturated rings. The first-order valence-corrected chi connectivity index (χ1v) is 13.7. The van der Waals surface area contributed by atoms with E-state index in [0.29, 0.717) is 0 Å². The van der Waals surface area contributed by atoms with Gasteiger partial charge in [-0.05, 0) is 139 Å². The van der Waals surface area contributed by atoms with Crippen LogP contribution in [0.1, 0.15) is 33.4 Å². The van der Waals surface area contributed by atoms with Gasteiger partial charge >= 0.3 is 0 Å².